The third-order valence-electron chi connectivity index (χ3n) is 3.85. The molecule has 0 heterocycles. The molecular formula is C18H27ClRu. The normalized spacial score (nSPS) is 19.8. The molecule has 0 amide bonds. The van der Waals surface area contributed by atoms with Gasteiger partial charge in [0.15, 0.2) is 0 Å². The summed E-state index contributed by atoms with van der Waals surface area (Å²) in [6, 6.07) is 0. The number of hydrogen-bond donors (Lipinski definition) is 0. The van der Waals surface area contributed by atoms with Crippen LogP contribution in [0.15, 0.2) is 34.9 Å². The molecule has 0 aliphatic heterocycles. The Labute approximate surface area is 144 Å². The Kier molecular flexibility index (Phi) is 11.7. The Morgan fingerprint density at radius 3 is 2.20 bits per heavy atom. The van der Waals surface area contributed by atoms with E-state index in [4.69, 9.17) is 0 Å². The molecule has 2 heteroatoms. The van der Waals surface area contributed by atoms with Crippen LogP contribution in [0.1, 0.15) is 60.3 Å². The van der Waals surface area contributed by atoms with Crippen LogP contribution in [0.4, 0.5) is 0 Å². The van der Waals surface area contributed by atoms with Crippen molar-refractivity contribution >= 4 is 12.4 Å². The Morgan fingerprint density at radius 2 is 1.75 bits per heavy atom. The van der Waals surface area contributed by atoms with Crippen molar-refractivity contribution in [2.75, 3.05) is 0 Å². The van der Waals surface area contributed by atoms with E-state index in [1.54, 1.807) is 0 Å². The van der Waals surface area contributed by atoms with Crippen molar-refractivity contribution in [2.45, 2.75) is 60.3 Å². The molecule has 0 bridgehead atoms. The maximum atomic E-state index is 3.44. The third kappa shape index (κ3) is 7.05. The Morgan fingerprint density at radius 1 is 1.10 bits per heavy atom. The first-order valence-corrected chi connectivity index (χ1v) is 6.97. The van der Waals surface area contributed by atoms with Gasteiger partial charge in [-0.3, -0.25) is 12.2 Å². The van der Waals surface area contributed by atoms with Crippen molar-refractivity contribution in [3.63, 3.8) is 0 Å². The molecule has 114 valence electrons. The fourth-order valence-electron chi connectivity index (χ4n) is 2.21. The van der Waals surface area contributed by atoms with Gasteiger partial charge in [0.25, 0.3) is 0 Å². The topological polar surface area (TPSA) is 0 Å². The minimum atomic E-state index is 0. The molecule has 0 fully saturated rings. The minimum Gasteiger partial charge on any atom is -0.275 e. The van der Waals surface area contributed by atoms with Crippen LogP contribution < -0.4 is 0 Å². The van der Waals surface area contributed by atoms with Gasteiger partial charge in [0.1, 0.15) is 0 Å². The summed E-state index contributed by atoms with van der Waals surface area (Å²) in [4.78, 5) is 0. The molecule has 0 atom stereocenters. The molecule has 2 rings (SSSR count). The van der Waals surface area contributed by atoms with Gasteiger partial charge in [-0.05, 0) is 0 Å². The third-order valence-corrected chi connectivity index (χ3v) is 3.85. The summed E-state index contributed by atoms with van der Waals surface area (Å²) in [5, 5.41) is 0. The molecule has 0 saturated heterocycles. The van der Waals surface area contributed by atoms with Crippen molar-refractivity contribution in [1.82, 2.24) is 0 Å². The van der Waals surface area contributed by atoms with Crippen LogP contribution in [0.25, 0.3) is 0 Å². The van der Waals surface area contributed by atoms with Gasteiger partial charge in [-0.1, -0.05) is 52.4 Å². The maximum absolute atomic E-state index is 3.44. The molecule has 0 saturated carbocycles. The molecule has 0 unspecified atom stereocenters. The summed E-state index contributed by atoms with van der Waals surface area (Å²) in [6.07, 6.45) is 17.9. The van der Waals surface area contributed by atoms with Crippen molar-refractivity contribution < 1.29 is 19.5 Å². The summed E-state index contributed by atoms with van der Waals surface area (Å²) in [7, 11) is 0. The minimum absolute atomic E-state index is 0. The van der Waals surface area contributed by atoms with Crippen LogP contribution in [0, 0.1) is 17.6 Å². The van der Waals surface area contributed by atoms with Crippen molar-refractivity contribution in [2.24, 2.45) is 5.41 Å². The molecule has 2 aliphatic carbocycles. The maximum Gasteiger partial charge on any atom is 2.00 e. The summed E-state index contributed by atoms with van der Waals surface area (Å²) >= 11 is 0. The van der Waals surface area contributed by atoms with E-state index in [1.807, 2.05) is 6.08 Å². The summed E-state index contributed by atoms with van der Waals surface area (Å²) in [6.45, 7) is 10.9. The van der Waals surface area contributed by atoms with Gasteiger partial charge in [-0.2, -0.15) is 17.2 Å². The molecule has 20 heavy (non-hydrogen) atoms. The molecule has 0 aromatic rings. The predicted molar refractivity (Wildman–Crippen MR) is 87.3 cm³/mol. The van der Waals surface area contributed by atoms with Gasteiger partial charge in [-0.15, -0.1) is 25.8 Å². The number of hydrogen-bond acceptors (Lipinski definition) is 0. The van der Waals surface area contributed by atoms with Crippen LogP contribution in [0.3, 0.4) is 0 Å². The molecule has 0 nitrogen and oxygen atoms in total. The number of halogens is 1. The van der Waals surface area contributed by atoms with E-state index < -0.39 is 0 Å². The van der Waals surface area contributed by atoms with E-state index in [2.05, 4.69) is 58.9 Å². The first-order chi connectivity index (χ1) is 8.45. The van der Waals surface area contributed by atoms with Gasteiger partial charge < -0.3 is 0 Å². The fourth-order valence-corrected chi connectivity index (χ4v) is 2.21. The van der Waals surface area contributed by atoms with Crippen molar-refractivity contribution in [3.05, 3.63) is 47.1 Å². The van der Waals surface area contributed by atoms with E-state index in [-0.39, 0.29) is 37.3 Å². The van der Waals surface area contributed by atoms with E-state index in [0.717, 1.165) is 6.42 Å². The average molecular weight is 380 g/mol. The van der Waals surface area contributed by atoms with Gasteiger partial charge in [0, 0.05) is 0 Å². The second kappa shape index (κ2) is 10.6. The second-order valence-electron chi connectivity index (χ2n) is 5.67. The molecule has 0 radical (unpaired) electrons. The molecular weight excluding hydrogens is 353 g/mol. The zero-order chi connectivity index (χ0) is 13.6. The first kappa shape index (κ1) is 22.2. The summed E-state index contributed by atoms with van der Waals surface area (Å²) < 4.78 is 0. The van der Waals surface area contributed by atoms with E-state index in [1.165, 1.54) is 36.0 Å². The van der Waals surface area contributed by atoms with Gasteiger partial charge in [-0.25, -0.2) is 17.7 Å². The molecule has 0 spiro atoms. The van der Waals surface area contributed by atoms with E-state index in [0.29, 0.717) is 0 Å². The molecule has 0 aromatic carbocycles. The zero-order valence-electron chi connectivity index (χ0n) is 13.3. The van der Waals surface area contributed by atoms with Gasteiger partial charge in [0.05, 0.1) is 0 Å². The fraction of sp³-hybridized carbons (Fsp3) is 0.556. The number of rotatable bonds is 0. The Hall–Kier alpha value is -0.127. The largest absolute Gasteiger partial charge is 2.00 e. The van der Waals surface area contributed by atoms with E-state index in [9.17, 15) is 0 Å². The molecule has 2 aliphatic rings. The van der Waals surface area contributed by atoms with Gasteiger partial charge in [0.2, 0.25) is 0 Å². The number of allylic oxidation sites excluding steroid dienone is 8. The van der Waals surface area contributed by atoms with Crippen LogP contribution in [-0.2, 0) is 19.5 Å². The average Bonchev–Trinajstić information content (AvgIpc) is 2.41. The smallest absolute Gasteiger partial charge is 0.275 e. The Balaban J connectivity index is 0. The van der Waals surface area contributed by atoms with Crippen LogP contribution in [0.2, 0.25) is 0 Å². The van der Waals surface area contributed by atoms with Crippen molar-refractivity contribution in [3.8, 4) is 0 Å². The summed E-state index contributed by atoms with van der Waals surface area (Å²) in [5.41, 5.74) is 4.39. The second-order valence-corrected chi connectivity index (χ2v) is 5.67. The Bertz CT molecular complexity index is 384. The quantitative estimate of drug-likeness (QED) is 0.357. The van der Waals surface area contributed by atoms with Crippen molar-refractivity contribution in [1.29, 1.82) is 0 Å². The molecule has 0 aromatic heterocycles. The van der Waals surface area contributed by atoms with Crippen LogP contribution in [-0.4, -0.2) is 0 Å². The van der Waals surface area contributed by atoms with Gasteiger partial charge >= 0.3 is 19.5 Å². The SMILES string of the molecule is CC1=[C-]C(C)(C)C(C)=C1C.Cl.[C-]1=CC=CCCCC1.[Ru+2]. The standard InChI is InChI=1S/C10H15.C8H11.ClH.Ru/c1-7-6-10(4,5)9(3)8(7)2;1-2-4-6-8-7-5-3-1;;/h1-5H3;1-3H,4,6-8H2;1H;/q2*-1;;+2. The first-order valence-electron chi connectivity index (χ1n) is 6.97. The van der Waals surface area contributed by atoms with Crippen LogP contribution in [0.5, 0.6) is 0 Å². The summed E-state index contributed by atoms with van der Waals surface area (Å²) in [5.74, 6) is 0. The molecule has 0 N–H and O–H groups in total. The zero-order valence-corrected chi connectivity index (χ0v) is 15.9. The monoisotopic (exact) mass is 380 g/mol. The van der Waals surface area contributed by atoms with Crippen LogP contribution >= 0.6 is 12.4 Å². The predicted octanol–water partition coefficient (Wildman–Crippen LogP) is 6.01. The van der Waals surface area contributed by atoms with E-state index >= 15 is 0 Å².